The molecule has 0 amide bonds. The summed E-state index contributed by atoms with van der Waals surface area (Å²) in [6.45, 7) is 2.23. The van der Waals surface area contributed by atoms with Crippen molar-refractivity contribution in [3.63, 3.8) is 0 Å². The van der Waals surface area contributed by atoms with E-state index < -0.39 is 0 Å². The fraction of sp³-hybridized carbons (Fsp3) is 0.0769. The standard InChI is InChI=1S/C39H28N4/c1-39-21-6-12-34(35(39)40-23-7-22-39)28-15-17-29(18-16-28)36-41-37(32-19-13-26-8-2-4-10-30(26)24-32)43-38(42-36)33-20-14-27-9-3-5-11-31(27)25-33/h2-25,35H,1H3. The zero-order valence-corrected chi connectivity index (χ0v) is 23.7. The second kappa shape index (κ2) is 10.1. The van der Waals surface area contributed by atoms with Crippen LogP contribution in [0, 0.1) is 5.41 Å². The molecule has 4 nitrogen and oxygen atoms in total. The number of aromatic nitrogens is 3. The molecule has 0 radical (unpaired) electrons. The van der Waals surface area contributed by atoms with Gasteiger partial charge in [-0.3, -0.25) is 4.99 Å². The van der Waals surface area contributed by atoms with Crippen LogP contribution in [0.15, 0.2) is 145 Å². The maximum Gasteiger partial charge on any atom is 0.164 e. The Balaban J connectivity index is 1.23. The lowest BCUT2D eigenvalue weighted by Crippen LogP contribution is -2.31. The molecule has 6 aromatic rings. The Bertz CT molecular complexity index is 2060. The number of hydrogen-bond acceptors (Lipinski definition) is 4. The van der Waals surface area contributed by atoms with Crippen molar-refractivity contribution in [2.75, 3.05) is 0 Å². The average molecular weight is 553 g/mol. The summed E-state index contributed by atoms with van der Waals surface area (Å²) >= 11 is 0. The number of aliphatic imine (C=N–C) groups is 1. The van der Waals surface area contributed by atoms with Crippen molar-refractivity contribution >= 4 is 33.3 Å². The zero-order chi connectivity index (χ0) is 28.8. The summed E-state index contributed by atoms with van der Waals surface area (Å²) in [5.74, 6) is 1.96. The van der Waals surface area contributed by atoms with Gasteiger partial charge in [-0.25, -0.2) is 15.0 Å². The smallest absolute Gasteiger partial charge is 0.164 e. The highest BCUT2D eigenvalue weighted by Crippen LogP contribution is 2.41. The van der Waals surface area contributed by atoms with Gasteiger partial charge < -0.3 is 0 Å². The van der Waals surface area contributed by atoms with Gasteiger partial charge in [0.1, 0.15) is 0 Å². The summed E-state index contributed by atoms with van der Waals surface area (Å²) in [4.78, 5) is 19.8. The molecule has 0 N–H and O–H groups in total. The molecule has 204 valence electrons. The minimum atomic E-state index is -0.116. The topological polar surface area (TPSA) is 51.0 Å². The fourth-order valence-corrected chi connectivity index (χ4v) is 6.14. The van der Waals surface area contributed by atoms with Gasteiger partial charge in [0.25, 0.3) is 0 Å². The van der Waals surface area contributed by atoms with Gasteiger partial charge in [-0.05, 0) is 50.9 Å². The van der Waals surface area contributed by atoms with Gasteiger partial charge in [0.2, 0.25) is 0 Å². The van der Waals surface area contributed by atoms with Gasteiger partial charge >= 0.3 is 0 Å². The van der Waals surface area contributed by atoms with Crippen molar-refractivity contribution in [2.45, 2.75) is 13.0 Å². The van der Waals surface area contributed by atoms with E-state index in [1.165, 1.54) is 16.3 Å². The summed E-state index contributed by atoms with van der Waals surface area (Å²) in [6.07, 6.45) is 12.7. The van der Waals surface area contributed by atoms with Crippen LogP contribution in [-0.4, -0.2) is 27.2 Å². The van der Waals surface area contributed by atoms with E-state index in [1.807, 2.05) is 12.3 Å². The van der Waals surface area contributed by atoms with Crippen LogP contribution in [-0.2, 0) is 0 Å². The SMILES string of the molecule is CC12C=CC=NC1C(c1ccc(-c3nc(-c4ccc5ccccc5c4)nc(-c4ccc5ccccc5c4)n3)cc1)=CC=C2. The number of dihydropyridines is 1. The van der Waals surface area contributed by atoms with Gasteiger partial charge in [0.15, 0.2) is 17.5 Å². The van der Waals surface area contributed by atoms with E-state index in [1.54, 1.807) is 0 Å². The van der Waals surface area contributed by atoms with Crippen LogP contribution >= 0.6 is 0 Å². The first-order valence-electron chi connectivity index (χ1n) is 14.6. The maximum absolute atomic E-state index is 5.01. The Kier molecular flexibility index (Phi) is 5.93. The van der Waals surface area contributed by atoms with Crippen LogP contribution < -0.4 is 0 Å². The predicted molar refractivity (Wildman–Crippen MR) is 178 cm³/mol. The number of hydrogen-bond donors (Lipinski definition) is 0. The Morgan fingerprint density at radius 3 is 1.60 bits per heavy atom. The van der Waals surface area contributed by atoms with Crippen LogP contribution in [0.1, 0.15) is 12.5 Å². The molecule has 5 aromatic carbocycles. The molecule has 2 unspecified atom stereocenters. The molecule has 1 aromatic heterocycles. The monoisotopic (exact) mass is 552 g/mol. The lowest BCUT2D eigenvalue weighted by molar-refractivity contribution is 0.490. The lowest BCUT2D eigenvalue weighted by Gasteiger charge is -2.35. The van der Waals surface area contributed by atoms with Crippen molar-refractivity contribution in [3.8, 4) is 34.2 Å². The third kappa shape index (κ3) is 4.58. The number of nitrogens with zero attached hydrogens (tertiary/aromatic N) is 4. The molecule has 4 heteroatoms. The van der Waals surface area contributed by atoms with E-state index in [9.17, 15) is 0 Å². The van der Waals surface area contributed by atoms with Gasteiger partial charge in [-0.2, -0.15) is 0 Å². The van der Waals surface area contributed by atoms with Crippen molar-refractivity contribution in [1.29, 1.82) is 0 Å². The Morgan fingerprint density at radius 2 is 1.00 bits per heavy atom. The van der Waals surface area contributed by atoms with Crippen molar-refractivity contribution < 1.29 is 0 Å². The molecule has 2 atom stereocenters. The summed E-state index contributed by atoms with van der Waals surface area (Å²) in [7, 11) is 0. The van der Waals surface area contributed by atoms with Crippen molar-refractivity contribution in [3.05, 3.63) is 145 Å². The molecule has 1 aliphatic carbocycles. The number of rotatable bonds is 4. The molecule has 0 spiro atoms. The predicted octanol–water partition coefficient (Wildman–Crippen LogP) is 9.15. The van der Waals surface area contributed by atoms with Gasteiger partial charge in [0.05, 0.1) is 6.04 Å². The Labute approximate surface area is 250 Å². The average Bonchev–Trinajstić information content (AvgIpc) is 3.07. The van der Waals surface area contributed by atoms with Crippen LogP contribution in [0.4, 0.5) is 0 Å². The third-order valence-electron chi connectivity index (χ3n) is 8.52. The minimum absolute atomic E-state index is 0.0598. The molecule has 0 saturated heterocycles. The van der Waals surface area contributed by atoms with Crippen LogP contribution in [0.5, 0.6) is 0 Å². The largest absolute Gasteiger partial charge is 0.284 e. The maximum atomic E-state index is 5.01. The van der Waals surface area contributed by atoms with Gasteiger partial charge in [0, 0.05) is 28.3 Å². The molecule has 43 heavy (non-hydrogen) atoms. The normalized spacial score (nSPS) is 19.0. The molecule has 8 rings (SSSR count). The molecule has 2 heterocycles. The van der Waals surface area contributed by atoms with E-state index in [4.69, 9.17) is 19.9 Å². The first-order chi connectivity index (χ1) is 21.1. The molecular weight excluding hydrogens is 524 g/mol. The van der Waals surface area contributed by atoms with Crippen molar-refractivity contribution in [2.24, 2.45) is 10.4 Å². The quantitative estimate of drug-likeness (QED) is 0.219. The summed E-state index contributed by atoms with van der Waals surface area (Å²) in [6, 6.07) is 38.0. The summed E-state index contributed by atoms with van der Waals surface area (Å²) < 4.78 is 0. The lowest BCUT2D eigenvalue weighted by atomic mass is 9.73. The van der Waals surface area contributed by atoms with Crippen LogP contribution in [0.2, 0.25) is 0 Å². The summed E-state index contributed by atoms with van der Waals surface area (Å²) in [5.41, 5.74) is 5.11. The minimum Gasteiger partial charge on any atom is -0.284 e. The summed E-state index contributed by atoms with van der Waals surface area (Å²) in [5, 5.41) is 4.68. The zero-order valence-electron chi connectivity index (χ0n) is 23.7. The third-order valence-corrected chi connectivity index (χ3v) is 8.52. The highest BCUT2D eigenvalue weighted by Gasteiger charge is 2.35. The van der Waals surface area contributed by atoms with Crippen LogP contribution in [0.25, 0.3) is 61.3 Å². The Hall–Kier alpha value is -5.48. The molecule has 0 saturated carbocycles. The highest BCUT2D eigenvalue weighted by atomic mass is 15.0. The number of benzene rings is 5. The number of allylic oxidation sites excluding steroid dienone is 3. The molecular formula is C39H28N4. The number of fused-ring (bicyclic) bond motifs is 3. The van der Waals surface area contributed by atoms with Crippen molar-refractivity contribution in [1.82, 2.24) is 15.0 Å². The van der Waals surface area contributed by atoms with E-state index in [0.717, 1.165) is 33.0 Å². The molecule has 0 bridgehead atoms. The van der Waals surface area contributed by atoms with E-state index in [2.05, 4.69) is 140 Å². The second-order valence-corrected chi connectivity index (χ2v) is 11.4. The van der Waals surface area contributed by atoms with E-state index in [-0.39, 0.29) is 11.5 Å². The van der Waals surface area contributed by atoms with E-state index in [0.29, 0.717) is 17.5 Å². The van der Waals surface area contributed by atoms with Crippen LogP contribution in [0.3, 0.4) is 0 Å². The molecule has 1 aliphatic heterocycles. The fourth-order valence-electron chi connectivity index (χ4n) is 6.14. The molecule has 2 aliphatic rings. The second-order valence-electron chi connectivity index (χ2n) is 11.4. The van der Waals surface area contributed by atoms with Gasteiger partial charge in [-0.15, -0.1) is 0 Å². The molecule has 0 fully saturated rings. The Morgan fingerprint density at radius 1 is 0.512 bits per heavy atom. The first kappa shape index (κ1) is 25.2. The first-order valence-corrected chi connectivity index (χ1v) is 14.6. The van der Waals surface area contributed by atoms with E-state index >= 15 is 0 Å². The highest BCUT2D eigenvalue weighted by molar-refractivity contribution is 5.88. The van der Waals surface area contributed by atoms with Gasteiger partial charge in [-0.1, -0.05) is 128 Å².